The SMILES string of the molecule is CC1(/C(N)=N/O)CCN(C(=O)c2cccc(F)c2F)CC1. The lowest BCUT2D eigenvalue weighted by Crippen LogP contribution is -2.47. The highest BCUT2D eigenvalue weighted by atomic mass is 19.2. The molecule has 0 atom stereocenters. The third kappa shape index (κ3) is 2.81. The molecular weight excluding hydrogens is 280 g/mol. The van der Waals surface area contributed by atoms with Gasteiger partial charge in [0.2, 0.25) is 0 Å². The maximum absolute atomic E-state index is 13.6. The van der Waals surface area contributed by atoms with Crippen molar-refractivity contribution in [1.29, 1.82) is 0 Å². The average Bonchev–Trinajstić information content (AvgIpc) is 2.49. The van der Waals surface area contributed by atoms with E-state index in [0.29, 0.717) is 25.9 Å². The highest BCUT2D eigenvalue weighted by Gasteiger charge is 2.36. The highest BCUT2D eigenvalue weighted by Crippen LogP contribution is 2.31. The number of nitrogens with two attached hydrogens (primary N) is 1. The summed E-state index contributed by atoms with van der Waals surface area (Å²) >= 11 is 0. The van der Waals surface area contributed by atoms with E-state index in [1.54, 1.807) is 0 Å². The van der Waals surface area contributed by atoms with Crippen LogP contribution in [-0.2, 0) is 0 Å². The number of hydrogen-bond acceptors (Lipinski definition) is 3. The van der Waals surface area contributed by atoms with Crippen molar-refractivity contribution in [1.82, 2.24) is 4.90 Å². The second-order valence-corrected chi connectivity index (χ2v) is 5.44. The predicted molar refractivity (Wildman–Crippen MR) is 73.0 cm³/mol. The Bertz CT molecular complexity index is 582. The quantitative estimate of drug-likeness (QED) is 0.379. The first-order chi connectivity index (χ1) is 9.89. The standard InChI is InChI=1S/C14H17F2N3O2/c1-14(13(17)18-21)5-7-19(8-6-14)12(20)9-3-2-4-10(15)11(9)16/h2-4,21H,5-8H2,1H3,(H2,17,18). The van der Waals surface area contributed by atoms with E-state index in [2.05, 4.69) is 5.16 Å². The Morgan fingerprint density at radius 1 is 1.38 bits per heavy atom. The Labute approximate surface area is 121 Å². The summed E-state index contributed by atoms with van der Waals surface area (Å²) in [5.41, 5.74) is 4.88. The van der Waals surface area contributed by atoms with Gasteiger partial charge in [-0.2, -0.15) is 0 Å². The number of piperidine rings is 1. The fourth-order valence-electron chi connectivity index (χ4n) is 2.42. The fraction of sp³-hybridized carbons (Fsp3) is 0.429. The molecule has 0 saturated carbocycles. The molecule has 0 radical (unpaired) electrons. The summed E-state index contributed by atoms with van der Waals surface area (Å²) in [6, 6.07) is 3.53. The van der Waals surface area contributed by atoms with E-state index in [-0.39, 0.29) is 11.4 Å². The van der Waals surface area contributed by atoms with E-state index < -0.39 is 23.0 Å². The molecule has 114 valence electrons. The molecule has 2 rings (SSSR count). The number of likely N-dealkylation sites (tertiary alicyclic amines) is 1. The number of carbonyl (C=O) groups is 1. The van der Waals surface area contributed by atoms with Crippen LogP contribution in [-0.4, -0.2) is 34.9 Å². The van der Waals surface area contributed by atoms with E-state index in [9.17, 15) is 13.6 Å². The first kappa shape index (κ1) is 15.2. The molecule has 1 aromatic rings. The van der Waals surface area contributed by atoms with Gasteiger partial charge in [0.15, 0.2) is 11.6 Å². The van der Waals surface area contributed by atoms with Gasteiger partial charge in [0.25, 0.3) is 5.91 Å². The summed E-state index contributed by atoms with van der Waals surface area (Å²) in [6.45, 7) is 2.51. The van der Waals surface area contributed by atoms with Gasteiger partial charge in [0.05, 0.1) is 5.56 Å². The molecule has 7 heteroatoms. The van der Waals surface area contributed by atoms with Crippen LogP contribution in [0.2, 0.25) is 0 Å². The number of benzene rings is 1. The number of rotatable bonds is 2. The Hall–Kier alpha value is -2.18. The van der Waals surface area contributed by atoms with Crippen molar-refractivity contribution in [2.75, 3.05) is 13.1 Å². The molecular formula is C14H17F2N3O2. The van der Waals surface area contributed by atoms with Crippen molar-refractivity contribution in [2.45, 2.75) is 19.8 Å². The topological polar surface area (TPSA) is 78.9 Å². The lowest BCUT2D eigenvalue weighted by molar-refractivity contribution is 0.0660. The number of hydrogen-bond donors (Lipinski definition) is 2. The maximum atomic E-state index is 13.6. The molecule has 0 unspecified atom stereocenters. The van der Waals surface area contributed by atoms with Gasteiger partial charge < -0.3 is 15.8 Å². The molecule has 1 heterocycles. The summed E-state index contributed by atoms with van der Waals surface area (Å²) < 4.78 is 26.8. The molecule has 21 heavy (non-hydrogen) atoms. The van der Waals surface area contributed by atoms with Crippen molar-refractivity contribution in [2.24, 2.45) is 16.3 Å². The lowest BCUT2D eigenvalue weighted by atomic mass is 9.79. The number of carbonyl (C=O) groups excluding carboxylic acids is 1. The van der Waals surface area contributed by atoms with E-state index in [4.69, 9.17) is 10.9 Å². The number of amidine groups is 1. The molecule has 1 aromatic carbocycles. The summed E-state index contributed by atoms with van der Waals surface area (Å²) in [6.07, 6.45) is 0.983. The van der Waals surface area contributed by atoms with Crippen molar-refractivity contribution in [3.63, 3.8) is 0 Å². The van der Waals surface area contributed by atoms with Gasteiger partial charge in [-0.3, -0.25) is 4.79 Å². The van der Waals surface area contributed by atoms with Gasteiger partial charge in [0, 0.05) is 18.5 Å². The zero-order chi connectivity index (χ0) is 15.6. The van der Waals surface area contributed by atoms with Crippen LogP contribution < -0.4 is 5.73 Å². The van der Waals surface area contributed by atoms with Gasteiger partial charge in [0.1, 0.15) is 5.84 Å². The minimum absolute atomic E-state index is 0.117. The summed E-state index contributed by atoms with van der Waals surface area (Å²) in [4.78, 5) is 13.7. The third-order valence-corrected chi connectivity index (χ3v) is 4.06. The number of oxime groups is 1. The molecule has 5 nitrogen and oxygen atoms in total. The molecule has 0 spiro atoms. The van der Waals surface area contributed by atoms with Gasteiger partial charge in [-0.25, -0.2) is 8.78 Å². The van der Waals surface area contributed by atoms with E-state index in [0.717, 1.165) is 6.07 Å². The van der Waals surface area contributed by atoms with Crippen LogP contribution in [0, 0.1) is 17.0 Å². The molecule has 0 bridgehead atoms. The molecule has 1 saturated heterocycles. The van der Waals surface area contributed by atoms with Gasteiger partial charge in [-0.1, -0.05) is 18.1 Å². The monoisotopic (exact) mass is 297 g/mol. The summed E-state index contributed by atoms with van der Waals surface area (Å²) in [5, 5.41) is 11.8. The average molecular weight is 297 g/mol. The third-order valence-electron chi connectivity index (χ3n) is 4.06. The van der Waals surface area contributed by atoms with Crippen LogP contribution >= 0.6 is 0 Å². The lowest BCUT2D eigenvalue weighted by Gasteiger charge is -2.38. The maximum Gasteiger partial charge on any atom is 0.256 e. The number of amides is 1. The number of halogens is 2. The highest BCUT2D eigenvalue weighted by molar-refractivity contribution is 5.95. The van der Waals surface area contributed by atoms with E-state index in [1.165, 1.54) is 17.0 Å². The van der Waals surface area contributed by atoms with Crippen LogP contribution in [0.4, 0.5) is 8.78 Å². The Kier molecular flexibility index (Phi) is 4.11. The first-order valence-electron chi connectivity index (χ1n) is 6.60. The van der Waals surface area contributed by atoms with Crippen LogP contribution in [0.5, 0.6) is 0 Å². The first-order valence-corrected chi connectivity index (χ1v) is 6.60. The van der Waals surface area contributed by atoms with Crippen LogP contribution in [0.1, 0.15) is 30.1 Å². The second-order valence-electron chi connectivity index (χ2n) is 5.44. The molecule has 1 amide bonds. The van der Waals surface area contributed by atoms with Crippen LogP contribution in [0.15, 0.2) is 23.4 Å². The van der Waals surface area contributed by atoms with Crippen molar-refractivity contribution in [3.8, 4) is 0 Å². The molecule has 1 aliphatic heterocycles. The van der Waals surface area contributed by atoms with Crippen LogP contribution in [0.25, 0.3) is 0 Å². The van der Waals surface area contributed by atoms with E-state index >= 15 is 0 Å². The number of nitrogens with zero attached hydrogens (tertiary/aromatic N) is 2. The second kappa shape index (κ2) is 5.67. The van der Waals surface area contributed by atoms with Crippen molar-refractivity contribution in [3.05, 3.63) is 35.4 Å². The van der Waals surface area contributed by atoms with Crippen LogP contribution in [0.3, 0.4) is 0 Å². The van der Waals surface area contributed by atoms with Crippen molar-refractivity contribution >= 4 is 11.7 Å². The predicted octanol–water partition coefficient (Wildman–Crippen LogP) is 1.95. The normalized spacial score (nSPS) is 18.6. The zero-order valence-corrected chi connectivity index (χ0v) is 11.6. The van der Waals surface area contributed by atoms with Gasteiger partial charge in [-0.15, -0.1) is 0 Å². The molecule has 0 aliphatic carbocycles. The Morgan fingerprint density at radius 2 is 2.00 bits per heavy atom. The molecule has 1 fully saturated rings. The van der Waals surface area contributed by atoms with Crippen molar-refractivity contribution < 1.29 is 18.8 Å². The molecule has 0 aromatic heterocycles. The van der Waals surface area contributed by atoms with Gasteiger partial charge >= 0.3 is 0 Å². The molecule has 1 aliphatic rings. The smallest absolute Gasteiger partial charge is 0.256 e. The largest absolute Gasteiger partial charge is 0.409 e. The van der Waals surface area contributed by atoms with Gasteiger partial charge in [-0.05, 0) is 25.0 Å². The summed E-state index contributed by atoms with van der Waals surface area (Å²) in [7, 11) is 0. The Morgan fingerprint density at radius 3 is 2.57 bits per heavy atom. The Balaban J connectivity index is 2.12. The summed E-state index contributed by atoms with van der Waals surface area (Å²) in [5.74, 6) is -2.60. The molecule has 3 N–H and O–H groups in total. The fourth-order valence-corrected chi connectivity index (χ4v) is 2.42. The zero-order valence-electron chi connectivity index (χ0n) is 11.6. The minimum atomic E-state index is -1.13. The minimum Gasteiger partial charge on any atom is -0.409 e. The van der Waals surface area contributed by atoms with E-state index in [1.807, 2.05) is 6.92 Å².